The van der Waals surface area contributed by atoms with Crippen molar-refractivity contribution in [1.29, 1.82) is 0 Å². The van der Waals surface area contributed by atoms with Gasteiger partial charge in [0.15, 0.2) is 0 Å². The molecular weight excluding hydrogens is 322 g/mol. The molecule has 0 unspecified atom stereocenters. The number of fused-ring (bicyclic) bond motifs is 1. The highest BCUT2D eigenvalue weighted by Gasteiger charge is 2.23. The molecule has 2 aromatic carbocycles. The molecule has 4 rings (SSSR count). The Labute approximate surface area is 154 Å². The van der Waals surface area contributed by atoms with Crippen LogP contribution in [-0.4, -0.2) is 46.9 Å². The number of hydrogen-bond acceptors (Lipinski definition) is 3. The second-order valence-corrected chi connectivity index (χ2v) is 6.88. The molecule has 1 aliphatic heterocycles. The molecule has 4 nitrogen and oxygen atoms in total. The van der Waals surface area contributed by atoms with Crippen molar-refractivity contribution in [3.63, 3.8) is 0 Å². The van der Waals surface area contributed by atoms with Crippen molar-refractivity contribution in [2.45, 2.75) is 13.5 Å². The predicted octanol–water partition coefficient (Wildman–Crippen LogP) is 3.50. The van der Waals surface area contributed by atoms with Crippen LogP contribution in [0.1, 0.15) is 21.6 Å². The zero-order valence-corrected chi connectivity index (χ0v) is 15.1. The van der Waals surface area contributed by atoms with Gasteiger partial charge < -0.3 is 4.90 Å². The Hall–Kier alpha value is -2.72. The fourth-order valence-corrected chi connectivity index (χ4v) is 3.61. The van der Waals surface area contributed by atoms with E-state index in [1.54, 1.807) is 0 Å². The molecule has 0 aliphatic carbocycles. The van der Waals surface area contributed by atoms with Crippen molar-refractivity contribution < 1.29 is 4.79 Å². The maximum absolute atomic E-state index is 13.1. The second kappa shape index (κ2) is 7.26. The zero-order chi connectivity index (χ0) is 17.9. The van der Waals surface area contributed by atoms with E-state index in [-0.39, 0.29) is 5.91 Å². The number of nitrogens with zero attached hydrogens (tertiary/aromatic N) is 3. The molecular formula is C22H23N3O. The minimum Gasteiger partial charge on any atom is -0.336 e. The van der Waals surface area contributed by atoms with Crippen LogP contribution >= 0.6 is 0 Å². The Morgan fingerprint density at radius 1 is 0.962 bits per heavy atom. The molecule has 2 heterocycles. The van der Waals surface area contributed by atoms with Gasteiger partial charge in [-0.15, -0.1) is 0 Å². The third kappa shape index (κ3) is 3.46. The van der Waals surface area contributed by atoms with Gasteiger partial charge in [-0.1, -0.05) is 48.5 Å². The van der Waals surface area contributed by atoms with Crippen molar-refractivity contribution in [3.8, 4) is 0 Å². The van der Waals surface area contributed by atoms with Crippen LogP contribution in [0.25, 0.3) is 10.9 Å². The standard InChI is InChI=1S/C22H23N3O/c1-17-15-20(19-9-5-6-10-21(19)23-17)22(26)25-13-11-24(12-14-25)16-18-7-3-2-4-8-18/h2-10,15H,11-14,16H2,1H3. The van der Waals surface area contributed by atoms with Crippen LogP contribution in [0.15, 0.2) is 60.7 Å². The summed E-state index contributed by atoms with van der Waals surface area (Å²) in [7, 11) is 0. The maximum Gasteiger partial charge on any atom is 0.254 e. The lowest BCUT2D eigenvalue weighted by Crippen LogP contribution is -2.48. The van der Waals surface area contributed by atoms with Crippen LogP contribution in [0.3, 0.4) is 0 Å². The molecule has 0 N–H and O–H groups in total. The van der Waals surface area contributed by atoms with Gasteiger partial charge in [-0.25, -0.2) is 0 Å². The molecule has 1 saturated heterocycles. The molecule has 1 aromatic heterocycles. The Bertz CT molecular complexity index is 915. The zero-order valence-electron chi connectivity index (χ0n) is 15.1. The van der Waals surface area contributed by atoms with E-state index in [1.165, 1.54) is 5.56 Å². The van der Waals surface area contributed by atoms with Crippen LogP contribution in [0, 0.1) is 6.92 Å². The quantitative estimate of drug-likeness (QED) is 0.729. The minimum atomic E-state index is 0.117. The molecule has 132 valence electrons. The number of carbonyl (C=O) groups excluding carboxylic acids is 1. The number of aryl methyl sites for hydroxylation is 1. The van der Waals surface area contributed by atoms with Crippen LogP contribution in [-0.2, 0) is 6.54 Å². The van der Waals surface area contributed by atoms with E-state index in [9.17, 15) is 4.79 Å². The highest BCUT2D eigenvalue weighted by Crippen LogP contribution is 2.21. The molecule has 1 fully saturated rings. The molecule has 0 bridgehead atoms. The monoisotopic (exact) mass is 345 g/mol. The van der Waals surface area contributed by atoms with Gasteiger partial charge in [0.25, 0.3) is 5.91 Å². The average molecular weight is 345 g/mol. The largest absolute Gasteiger partial charge is 0.336 e. The first kappa shape index (κ1) is 16.7. The Kier molecular flexibility index (Phi) is 4.67. The summed E-state index contributed by atoms with van der Waals surface area (Å²) in [6.07, 6.45) is 0. The molecule has 1 amide bonds. The first-order valence-corrected chi connectivity index (χ1v) is 9.13. The van der Waals surface area contributed by atoms with E-state index in [0.717, 1.165) is 54.9 Å². The predicted molar refractivity (Wildman–Crippen MR) is 104 cm³/mol. The first-order valence-electron chi connectivity index (χ1n) is 9.13. The average Bonchev–Trinajstić information content (AvgIpc) is 2.68. The van der Waals surface area contributed by atoms with Crippen LogP contribution in [0.4, 0.5) is 0 Å². The summed E-state index contributed by atoms with van der Waals surface area (Å²) >= 11 is 0. The van der Waals surface area contributed by atoms with Crippen LogP contribution < -0.4 is 0 Å². The molecule has 1 aliphatic rings. The van der Waals surface area contributed by atoms with Gasteiger partial charge in [0.05, 0.1) is 11.1 Å². The first-order chi connectivity index (χ1) is 12.7. The van der Waals surface area contributed by atoms with Crippen molar-refractivity contribution in [2.24, 2.45) is 0 Å². The number of benzene rings is 2. The summed E-state index contributed by atoms with van der Waals surface area (Å²) in [5.41, 5.74) is 3.86. The van der Waals surface area contributed by atoms with Gasteiger partial charge in [0.1, 0.15) is 0 Å². The molecule has 0 atom stereocenters. The fraction of sp³-hybridized carbons (Fsp3) is 0.273. The molecule has 0 saturated carbocycles. The minimum absolute atomic E-state index is 0.117. The van der Waals surface area contributed by atoms with Crippen molar-refractivity contribution in [3.05, 3.63) is 77.5 Å². The summed E-state index contributed by atoms with van der Waals surface area (Å²) in [5.74, 6) is 0.117. The summed E-state index contributed by atoms with van der Waals surface area (Å²) in [5, 5.41) is 0.940. The number of aromatic nitrogens is 1. The number of piperazine rings is 1. The molecule has 3 aromatic rings. The Balaban J connectivity index is 1.47. The molecule has 0 spiro atoms. The van der Waals surface area contributed by atoms with Crippen molar-refractivity contribution in [2.75, 3.05) is 26.2 Å². The van der Waals surface area contributed by atoms with E-state index in [2.05, 4.69) is 34.1 Å². The number of rotatable bonds is 3. The molecule has 4 heteroatoms. The topological polar surface area (TPSA) is 36.4 Å². The maximum atomic E-state index is 13.1. The van der Waals surface area contributed by atoms with Crippen LogP contribution in [0.5, 0.6) is 0 Å². The summed E-state index contributed by atoms with van der Waals surface area (Å²) in [6, 6.07) is 20.3. The molecule has 0 radical (unpaired) electrons. The van der Waals surface area contributed by atoms with Crippen molar-refractivity contribution in [1.82, 2.24) is 14.8 Å². The van der Waals surface area contributed by atoms with Gasteiger partial charge in [-0.2, -0.15) is 0 Å². The van der Waals surface area contributed by atoms with Crippen LogP contribution in [0.2, 0.25) is 0 Å². The smallest absolute Gasteiger partial charge is 0.254 e. The van der Waals surface area contributed by atoms with Gasteiger partial charge >= 0.3 is 0 Å². The highest BCUT2D eigenvalue weighted by molar-refractivity contribution is 6.06. The van der Waals surface area contributed by atoms with Gasteiger partial charge in [-0.3, -0.25) is 14.7 Å². The number of hydrogen-bond donors (Lipinski definition) is 0. The fourth-order valence-electron chi connectivity index (χ4n) is 3.61. The summed E-state index contributed by atoms with van der Waals surface area (Å²) in [6.45, 7) is 6.23. The SMILES string of the molecule is Cc1cc(C(=O)N2CCN(Cc3ccccc3)CC2)c2ccccc2n1. The van der Waals surface area contributed by atoms with Gasteiger partial charge in [0.2, 0.25) is 0 Å². The van der Waals surface area contributed by atoms with E-state index in [4.69, 9.17) is 0 Å². The lowest BCUT2D eigenvalue weighted by Gasteiger charge is -2.35. The number of amides is 1. The summed E-state index contributed by atoms with van der Waals surface area (Å²) in [4.78, 5) is 22.0. The Morgan fingerprint density at radius 2 is 1.65 bits per heavy atom. The van der Waals surface area contributed by atoms with Crippen molar-refractivity contribution >= 4 is 16.8 Å². The van der Waals surface area contributed by atoms with E-state index >= 15 is 0 Å². The summed E-state index contributed by atoms with van der Waals surface area (Å²) < 4.78 is 0. The highest BCUT2D eigenvalue weighted by atomic mass is 16.2. The third-order valence-electron chi connectivity index (χ3n) is 4.98. The van der Waals surface area contributed by atoms with E-state index < -0.39 is 0 Å². The third-order valence-corrected chi connectivity index (χ3v) is 4.98. The normalized spacial score (nSPS) is 15.3. The van der Waals surface area contributed by atoms with Gasteiger partial charge in [-0.05, 0) is 24.6 Å². The second-order valence-electron chi connectivity index (χ2n) is 6.88. The lowest BCUT2D eigenvalue weighted by molar-refractivity contribution is 0.0630. The van der Waals surface area contributed by atoms with E-state index in [1.807, 2.05) is 48.2 Å². The van der Waals surface area contributed by atoms with E-state index in [0.29, 0.717) is 0 Å². The number of pyridine rings is 1. The lowest BCUT2D eigenvalue weighted by atomic mass is 10.1. The molecule has 26 heavy (non-hydrogen) atoms. The Morgan fingerprint density at radius 3 is 2.42 bits per heavy atom. The number of carbonyl (C=O) groups is 1. The number of para-hydroxylation sites is 1. The van der Waals surface area contributed by atoms with Gasteiger partial charge in [0, 0.05) is 43.8 Å².